The maximum Gasteiger partial charge on any atom is 0.311 e. The predicted molar refractivity (Wildman–Crippen MR) is 92.2 cm³/mol. The zero-order valence-electron chi connectivity index (χ0n) is 14.9. The summed E-state index contributed by atoms with van der Waals surface area (Å²) in [6.07, 6.45) is 4.20. The highest BCUT2D eigenvalue weighted by Gasteiger charge is 2.13. The van der Waals surface area contributed by atoms with E-state index in [4.69, 9.17) is 14.2 Å². The fourth-order valence-corrected chi connectivity index (χ4v) is 2.05. The minimum absolute atomic E-state index is 0.0101. The molecule has 0 aliphatic heterocycles. The molecule has 0 saturated heterocycles. The van der Waals surface area contributed by atoms with Gasteiger partial charge < -0.3 is 14.2 Å². The van der Waals surface area contributed by atoms with Crippen molar-refractivity contribution in [1.82, 2.24) is 0 Å². The quantitative estimate of drug-likeness (QED) is 0.343. The second kappa shape index (κ2) is 11.5. The van der Waals surface area contributed by atoms with Crippen LogP contribution >= 0.6 is 0 Å². The van der Waals surface area contributed by atoms with Gasteiger partial charge in [-0.05, 0) is 32.4 Å². The Morgan fingerprint density at radius 3 is 2.29 bits per heavy atom. The van der Waals surface area contributed by atoms with Gasteiger partial charge in [-0.2, -0.15) is 0 Å². The third-order valence-electron chi connectivity index (χ3n) is 3.23. The Morgan fingerprint density at radius 1 is 0.958 bits per heavy atom. The van der Waals surface area contributed by atoms with Crippen LogP contribution in [0.5, 0.6) is 11.5 Å². The lowest BCUT2D eigenvalue weighted by molar-refractivity contribution is -0.147. The lowest BCUT2D eigenvalue weighted by atomic mass is 10.2. The zero-order valence-corrected chi connectivity index (χ0v) is 14.9. The average Bonchev–Trinajstić information content (AvgIpc) is 2.54. The molecule has 0 fully saturated rings. The van der Waals surface area contributed by atoms with Gasteiger partial charge in [0.1, 0.15) is 0 Å². The van der Waals surface area contributed by atoms with Gasteiger partial charge in [0.15, 0.2) is 11.5 Å². The van der Waals surface area contributed by atoms with Gasteiger partial charge in [0.2, 0.25) is 0 Å². The minimum atomic E-state index is -0.474. The number of esters is 2. The molecule has 0 N–H and O–H groups in total. The molecule has 0 spiro atoms. The van der Waals surface area contributed by atoms with Crippen molar-refractivity contribution in [3.63, 3.8) is 0 Å². The molecule has 0 radical (unpaired) electrons. The van der Waals surface area contributed by atoms with E-state index in [2.05, 4.69) is 6.92 Å². The van der Waals surface area contributed by atoms with Crippen LogP contribution in [-0.4, -0.2) is 24.6 Å². The third kappa shape index (κ3) is 8.56. The number of unbranched alkanes of at least 4 members (excludes halogenated alkanes) is 3. The molecule has 1 aromatic carbocycles. The number of benzene rings is 1. The summed E-state index contributed by atoms with van der Waals surface area (Å²) in [5, 5.41) is 0. The Balaban J connectivity index is 2.32. The van der Waals surface area contributed by atoms with Crippen LogP contribution in [0.15, 0.2) is 24.3 Å². The largest absolute Gasteiger partial charge is 0.487 e. The van der Waals surface area contributed by atoms with E-state index in [1.54, 1.807) is 18.2 Å². The number of carbonyl (C=O) groups excluding carboxylic acids is 2. The molecule has 5 heteroatoms. The first kappa shape index (κ1) is 20.0. The first-order chi connectivity index (χ1) is 11.5. The number of carbonyl (C=O) groups is 2. The summed E-state index contributed by atoms with van der Waals surface area (Å²) in [4.78, 5) is 23.5. The normalized spacial score (nSPS) is 10.5. The van der Waals surface area contributed by atoms with Crippen LogP contribution in [0.1, 0.15) is 59.3 Å². The van der Waals surface area contributed by atoms with Crippen molar-refractivity contribution in [2.75, 3.05) is 6.61 Å². The average molecular weight is 336 g/mol. The van der Waals surface area contributed by atoms with Crippen molar-refractivity contribution in [1.29, 1.82) is 0 Å². The lowest BCUT2D eigenvalue weighted by Crippen LogP contribution is -2.14. The molecule has 0 aromatic heterocycles. The first-order valence-electron chi connectivity index (χ1n) is 8.65. The van der Waals surface area contributed by atoms with Gasteiger partial charge in [-0.1, -0.05) is 38.3 Å². The van der Waals surface area contributed by atoms with Gasteiger partial charge in [0.25, 0.3) is 0 Å². The topological polar surface area (TPSA) is 61.8 Å². The fraction of sp³-hybridized carbons (Fsp3) is 0.579. The van der Waals surface area contributed by atoms with Gasteiger partial charge in [-0.3, -0.25) is 9.59 Å². The molecular weight excluding hydrogens is 308 g/mol. The zero-order chi connectivity index (χ0) is 17.8. The molecule has 5 nitrogen and oxygen atoms in total. The van der Waals surface area contributed by atoms with Crippen molar-refractivity contribution in [3.05, 3.63) is 24.3 Å². The Kier molecular flexibility index (Phi) is 9.58. The van der Waals surface area contributed by atoms with Crippen molar-refractivity contribution in [2.24, 2.45) is 0 Å². The van der Waals surface area contributed by atoms with Crippen molar-refractivity contribution < 1.29 is 23.8 Å². The first-order valence-corrected chi connectivity index (χ1v) is 8.65. The Hall–Kier alpha value is -2.04. The molecule has 24 heavy (non-hydrogen) atoms. The Bertz CT molecular complexity index is 510. The monoisotopic (exact) mass is 336 g/mol. The Labute approximate surface area is 144 Å². The highest BCUT2D eigenvalue weighted by molar-refractivity contribution is 5.79. The second-order valence-electron chi connectivity index (χ2n) is 5.87. The van der Waals surface area contributed by atoms with Crippen LogP contribution in [0.25, 0.3) is 0 Å². The highest BCUT2D eigenvalue weighted by atomic mass is 16.6. The SMILES string of the molecule is CCCCCCOC(=O)CCC(=O)Oc1ccccc1OC(C)C. The van der Waals surface area contributed by atoms with E-state index < -0.39 is 5.97 Å². The fourth-order valence-electron chi connectivity index (χ4n) is 2.05. The molecule has 1 aromatic rings. The van der Waals surface area contributed by atoms with Crippen LogP contribution in [0.3, 0.4) is 0 Å². The lowest BCUT2D eigenvalue weighted by Gasteiger charge is -2.13. The summed E-state index contributed by atoms with van der Waals surface area (Å²) in [5.74, 6) is 0.0383. The van der Waals surface area contributed by atoms with Crippen molar-refractivity contribution >= 4 is 11.9 Å². The van der Waals surface area contributed by atoms with Crippen LogP contribution in [0.4, 0.5) is 0 Å². The number of hydrogen-bond acceptors (Lipinski definition) is 5. The summed E-state index contributed by atoms with van der Waals surface area (Å²) in [7, 11) is 0. The van der Waals surface area contributed by atoms with Gasteiger partial charge in [-0.15, -0.1) is 0 Å². The predicted octanol–water partition coefficient (Wildman–Crippen LogP) is 4.28. The van der Waals surface area contributed by atoms with E-state index in [1.165, 1.54) is 0 Å². The summed E-state index contributed by atoms with van der Waals surface area (Å²) >= 11 is 0. The molecule has 0 aliphatic carbocycles. The maximum absolute atomic E-state index is 11.9. The minimum Gasteiger partial charge on any atom is -0.487 e. The van der Waals surface area contributed by atoms with Gasteiger partial charge >= 0.3 is 11.9 Å². The molecule has 0 atom stereocenters. The summed E-state index contributed by atoms with van der Waals surface area (Å²) in [5.41, 5.74) is 0. The number of para-hydroxylation sites is 2. The van der Waals surface area contributed by atoms with E-state index in [0.29, 0.717) is 18.1 Å². The van der Waals surface area contributed by atoms with E-state index in [0.717, 1.165) is 25.7 Å². The number of hydrogen-bond donors (Lipinski definition) is 0. The maximum atomic E-state index is 11.9. The summed E-state index contributed by atoms with van der Waals surface area (Å²) in [6, 6.07) is 6.99. The molecule has 0 heterocycles. The smallest absolute Gasteiger partial charge is 0.311 e. The van der Waals surface area contributed by atoms with Crippen LogP contribution in [0, 0.1) is 0 Å². The van der Waals surface area contributed by atoms with Gasteiger partial charge in [0, 0.05) is 0 Å². The Morgan fingerprint density at radius 2 is 1.62 bits per heavy atom. The summed E-state index contributed by atoms with van der Waals surface area (Å²) in [6.45, 7) is 6.34. The van der Waals surface area contributed by atoms with Crippen molar-refractivity contribution in [3.8, 4) is 11.5 Å². The van der Waals surface area contributed by atoms with Crippen LogP contribution < -0.4 is 9.47 Å². The van der Waals surface area contributed by atoms with E-state index in [9.17, 15) is 9.59 Å². The standard InChI is InChI=1S/C19H28O5/c1-4-5-6-9-14-22-18(20)12-13-19(21)24-17-11-8-7-10-16(17)23-15(2)3/h7-8,10-11,15H,4-6,9,12-14H2,1-3H3. The summed E-state index contributed by atoms with van der Waals surface area (Å²) < 4.78 is 16.0. The van der Waals surface area contributed by atoms with Crippen LogP contribution in [-0.2, 0) is 14.3 Å². The molecule has 1 rings (SSSR count). The van der Waals surface area contributed by atoms with Crippen molar-refractivity contribution in [2.45, 2.75) is 65.4 Å². The highest BCUT2D eigenvalue weighted by Crippen LogP contribution is 2.27. The molecule has 0 saturated carbocycles. The molecular formula is C19H28O5. The van der Waals surface area contributed by atoms with E-state index in [-0.39, 0.29) is 24.9 Å². The molecule has 0 unspecified atom stereocenters. The van der Waals surface area contributed by atoms with E-state index in [1.807, 2.05) is 19.9 Å². The molecule has 0 amide bonds. The third-order valence-corrected chi connectivity index (χ3v) is 3.23. The van der Waals surface area contributed by atoms with Gasteiger partial charge in [-0.25, -0.2) is 0 Å². The molecule has 0 aliphatic rings. The molecule has 134 valence electrons. The number of ether oxygens (including phenoxy) is 3. The van der Waals surface area contributed by atoms with Crippen LogP contribution in [0.2, 0.25) is 0 Å². The molecule has 0 bridgehead atoms. The van der Waals surface area contributed by atoms with E-state index >= 15 is 0 Å². The van der Waals surface area contributed by atoms with Gasteiger partial charge in [0.05, 0.1) is 25.6 Å². The second-order valence-corrected chi connectivity index (χ2v) is 5.87. The number of rotatable bonds is 11.